The van der Waals surface area contributed by atoms with Gasteiger partial charge in [-0.05, 0) is 75.5 Å². The Bertz CT molecular complexity index is 1050. The summed E-state index contributed by atoms with van der Waals surface area (Å²) >= 11 is 1.71. The molecule has 0 radical (unpaired) electrons. The fraction of sp³-hybridized carbons (Fsp3) is 0.391. The highest BCUT2D eigenvalue weighted by atomic mass is 32.1. The molecule has 2 aromatic carbocycles. The van der Waals surface area contributed by atoms with Crippen molar-refractivity contribution in [3.05, 3.63) is 72.2 Å². The minimum absolute atomic E-state index is 0.0458. The second kappa shape index (κ2) is 9.45. The van der Waals surface area contributed by atoms with Crippen LogP contribution in [0.4, 0.5) is 11.4 Å². The van der Waals surface area contributed by atoms with Crippen molar-refractivity contribution in [2.24, 2.45) is 0 Å². The normalized spacial score (nSPS) is 13.5. The van der Waals surface area contributed by atoms with Gasteiger partial charge in [0.05, 0.1) is 0 Å². The summed E-state index contributed by atoms with van der Waals surface area (Å²) in [5.74, 6) is 0.240. The van der Waals surface area contributed by atoms with E-state index < -0.39 is 10.9 Å². The van der Waals surface area contributed by atoms with Crippen LogP contribution in [0.1, 0.15) is 22.9 Å². The molecule has 0 unspecified atom stereocenters. The van der Waals surface area contributed by atoms with Gasteiger partial charge in [-0.3, -0.25) is 9.59 Å². The first-order chi connectivity index (χ1) is 14.2. The van der Waals surface area contributed by atoms with Crippen molar-refractivity contribution in [2.75, 3.05) is 31.3 Å². The number of anilines is 2. The van der Waals surface area contributed by atoms with E-state index in [0.29, 0.717) is 17.9 Å². The minimum Gasteiger partial charge on any atom is -0.508 e. The summed E-state index contributed by atoms with van der Waals surface area (Å²) in [7, 11) is 3.97. The molecule has 3 aromatic rings. The summed E-state index contributed by atoms with van der Waals surface area (Å²) in [6.07, 6.45) is 1.55. The zero-order valence-corrected chi connectivity index (χ0v) is 18.7. The van der Waals surface area contributed by atoms with Crippen LogP contribution in [0.5, 0.6) is 5.75 Å². The molecule has 0 spiro atoms. The van der Waals surface area contributed by atoms with Gasteiger partial charge in [-0.25, -0.2) is 0 Å². The molecule has 0 bridgehead atoms. The minimum atomic E-state index is -0.460. The molecule has 3 N–H and O–H groups in total. The molecular formula is C23H29N3O3S. The number of hydrogen-bond donors (Lipinski definition) is 3. The van der Waals surface area contributed by atoms with Gasteiger partial charge in [-0.1, -0.05) is 12.1 Å². The average Bonchev–Trinajstić information content (AvgIpc) is 3.11. The van der Waals surface area contributed by atoms with E-state index in [0.717, 1.165) is 18.4 Å². The monoisotopic (exact) mass is 427 g/mol. The molecule has 1 aromatic heterocycles. The molecule has 30 heavy (non-hydrogen) atoms. The summed E-state index contributed by atoms with van der Waals surface area (Å²) in [5.41, 5.74) is 2.18. The summed E-state index contributed by atoms with van der Waals surface area (Å²) in [5, 5.41) is 18.0. The summed E-state index contributed by atoms with van der Waals surface area (Å²) < 4.78 is 0. The molecule has 6 nitrogen and oxygen atoms in total. The van der Waals surface area contributed by atoms with Crippen LogP contribution in [0.25, 0.3) is 0 Å². The van der Waals surface area contributed by atoms with Crippen molar-refractivity contribution >= 4 is 22.7 Å². The molecule has 0 aliphatic rings. The van der Waals surface area contributed by atoms with E-state index in [1.165, 1.54) is 10.4 Å². The SMILES string of the molecule is Cc1cc(C[C@H](C)Nc2c(NC[C@H](Cc3ccc(O)cc3)N(C)C)c(=O)c2=O)cs1. The Balaban J connectivity index is 1.63. The maximum atomic E-state index is 12.1. The Morgan fingerprint density at radius 3 is 2.30 bits per heavy atom. The van der Waals surface area contributed by atoms with E-state index >= 15 is 0 Å². The lowest BCUT2D eigenvalue weighted by molar-refractivity contribution is 0.303. The smallest absolute Gasteiger partial charge is 0.253 e. The van der Waals surface area contributed by atoms with Crippen LogP contribution in [-0.4, -0.2) is 42.7 Å². The number of aromatic hydroxyl groups is 1. The van der Waals surface area contributed by atoms with Crippen molar-refractivity contribution in [3.63, 3.8) is 0 Å². The highest BCUT2D eigenvalue weighted by Gasteiger charge is 2.23. The van der Waals surface area contributed by atoms with Gasteiger partial charge in [-0.15, -0.1) is 11.3 Å². The molecule has 0 aliphatic carbocycles. The molecule has 0 saturated carbocycles. The first kappa shape index (κ1) is 22.1. The molecule has 0 saturated heterocycles. The molecule has 0 amide bonds. The number of likely N-dealkylation sites (N-methyl/N-ethyl adjacent to an activating group) is 1. The molecule has 160 valence electrons. The van der Waals surface area contributed by atoms with Crippen molar-refractivity contribution in [1.82, 2.24) is 4.90 Å². The summed E-state index contributed by atoms with van der Waals surface area (Å²) in [6.45, 7) is 4.62. The number of phenols is 1. The van der Waals surface area contributed by atoms with E-state index in [1.807, 2.05) is 33.2 Å². The predicted molar refractivity (Wildman–Crippen MR) is 125 cm³/mol. The van der Waals surface area contributed by atoms with Gasteiger partial charge < -0.3 is 20.6 Å². The maximum Gasteiger partial charge on any atom is 0.253 e. The maximum absolute atomic E-state index is 12.1. The number of thiophene rings is 1. The first-order valence-electron chi connectivity index (χ1n) is 10.1. The second-order valence-corrected chi connectivity index (χ2v) is 9.21. The molecule has 7 heteroatoms. The largest absolute Gasteiger partial charge is 0.508 e. The Hall–Kier alpha value is -2.64. The topological polar surface area (TPSA) is 81.7 Å². The lowest BCUT2D eigenvalue weighted by Crippen LogP contribution is -2.43. The number of phenolic OH excluding ortho intramolecular Hbond substituents is 1. The van der Waals surface area contributed by atoms with E-state index in [1.54, 1.807) is 23.5 Å². The van der Waals surface area contributed by atoms with Gasteiger partial charge in [-0.2, -0.15) is 0 Å². The summed E-state index contributed by atoms with van der Waals surface area (Å²) in [6, 6.07) is 9.44. The van der Waals surface area contributed by atoms with Crippen LogP contribution in [0.3, 0.4) is 0 Å². The molecule has 1 heterocycles. The van der Waals surface area contributed by atoms with Crippen LogP contribution >= 0.6 is 11.3 Å². The Labute approximate surface area is 180 Å². The third-order valence-electron chi connectivity index (χ3n) is 5.28. The highest BCUT2D eigenvalue weighted by Crippen LogP contribution is 2.20. The zero-order chi connectivity index (χ0) is 21.8. The van der Waals surface area contributed by atoms with Crippen LogP contribution in [0.15, 0.2) is 45.3 Å². The van der Waals surface area contributed by atoms with Crippen molar-refractivity contribution in [3.8, 4) is 5.75 Å². The van der Waals surface area contributed by atoms with E-state index in [-0.39, 0.29) is 17.8 Å². The van der Waals surface area contributed by atoms with Gasteiger partial charge in [0.2, 0.25) is 0 Å². The number of nitrogens with one attached hydrogen (secondary N) is 2. The number of aryl methyl sites for hydroxylation is 1. The zero-order valence-electron chi connectivity index (χ0n) is 17.9. The number of rotatable bonds is 10. The van der Waals surface area contributed by atoms with Gasteiger partial charge in [0.1, 0.15) is 17.1 Å². The Kier molecular flexibility index (Phi) is 6.95. The van der Waals surface area contributed by atoms with Crippen LogP contribution < -0.4 is 21.5 Å². The van der Waals surface area contributed by atoms with Gasteiger partial charge in [0.25, 0.3) is 10.9 Å². The molecule has 2 atom stereocenters. The molecular weight excluding hydrogens is 398 g/mol. The lowest BCUT2D eigenvalue weighted by Gasteiger charge is -2.26. The summed E-state index contributed by atoms with van der Waals surface area (Å²) in [4.78, 5) is 27.6. The van der Waals surface area contributed by atoms with Crippen molar-refractivity contribution < 1.29 is 5.11 Å². The number of hydrogen-bond acceptors (Lipinski definition) is 7. The third kappa shape index (κ3) is 5.29. The van der Waals surface area contributed by atoms with Crippen molar-refractivity contribution in [1.29, 1.82) is 0 Å². The van der Waals surface area contributed by atoms with Crippen LogP contribution in [0.2, 0.25) is 0 Å². The fourth-order valence-electron chi connectivity index (χ4n) is 3.52. The van der Waals surface area contributed by atoms with Crippen LogP contribution in [-0.2, 0) is 12.8 Å². The second-order valence-electron chi connectivity index (χ2n) is 8.09. The number of benzene rings is 1. The van der Waals surface area contributed by atoms with E-state index in [9.17, 15) is 14.7 Å². The average molecular weight is 428 g/mol. The van der Waals surface area contributed by atoms with E-state index in [2.05, 4.69) is 33.9 Å². The van der Waals surface area contributed by atoms with Gasteiger partial charge >= 0.3 is 0 Å². The number of nitrogens with zero attached hydrogens (tertiary/aromatic N) is 1. The third-order valence-corrected chi connectivity index (χ3v) is 6.19. The molecule has 0 aliphatic heterocycles. The Morgan fingerprint density at radius 2 is 1.70 bits per heavy atom. The molecule has 3 rings (SSSR count). The first-order valence-corrected chi connectivity index (χ1v) is 10.9. The molecule has 0 fully saturated rings. The van der Waals surface area contributed by atoms with Gasteiger partial charge in [0.15, 0.2) is 0 Å². The highest BCUT2D eigenvalue weighted by molar-refractivity contribution is 7.10. The Morgan fingerprint density at radius 1 is 1.03 bits per heavy atom. The predicted octanol–water partition coefficient (Wildman–Crippen LogP) is 2.99. The van der Waals surface area contributed by atoms with Crippen LogP contribution in [0, 0.1) is 6.92 Å². The quantitative estimate of drug-likeness (QED) is 0.432. The van der Waals surface area contributed by atoms with Crippen molar-refractivity contribution in [2.45, 2.75) is 38.8 Å². The lowest BCUT2D eigenvalue weighted by atomic mass is 10.0. The fourth-order valence-corrected chi connectivity index (χ4v) is 4.24. The van der Waals surface area contributed by atoms with Gasteiger partial charge in [0, 0.05) is 23.5 Å². The standard InChI is InChI=1S/C23H29N3O3S/c1-14(9-17-10-15(2)30-13-17)25-21-20(22(28)23(21)29)24-12-18(26(3)4)11-16-5-7-19(27)8-6-16/h5-8,10,13-14,18,24-25,27H,9,11-12H2,1-4H3/t14-,18-/m0/s1. The van der Waals surface area contributed by atoms with E-state index in [4.69, 9.17) is 0 Å².